The second kappa shape index (κ2) is 6.81. The smallest absolute Gasteiger partial charge is 0.140 e. The van der Waals surface area contributed by atoms with E-state index in [0.29, 0.717) is 11.6 Å². The topological polar surface area (TPSA) is 48.1 Å². The minimum Gasteiger partial charge on any atom is -0.486 e. The fraction of sp³-hybridized carbons (Fsp3) is 0.333. The van der Waals surface area contributed by atoms with Crippen LogP contribution < -0.4 is 10.5 Å². The molecule has 0 amide bonds. The zero-order valence-corrected chi connectivity index (χ0v) is 13.3. The molecule has 0 fully saturated rings. The largest absolute Gasteiger partial charge is 0.486 e. The van der Waals surface area contributed by atoms with Gasteiger partial charge in [-0.2, -0.15) is 0 Å². The van der Waals surface area contributed by atoms with Crippen molar-refractivity contribution < 1.29 is 4.74 Å². The summed E-state index contributed by atoms with van der Waals surface area (Å²) in [5.74, 6) is 0.854. The van der Waals surface area contributed by atoms with Gasteiger partial charge in [-0.1, -0.05) is 38.2 Å². The molecule has 0 bridgehead atoms. The van der Waals surface area contributed by atoms with Crippen molar-refractivity contribution in [1.82, 2.24) is 4.98 Å². The summed E-state index contributed by atoms with van der Waals surface area (Å²) < 4.78 is 5.75. The average Bonchev–Trinajstić information content (AvgIpc) is 2.89. The highest BCUT2D eigenvalue weighted by molar-refractivity contribution is 7.81. The number of thiazole rings is 1. The Morgan fingerprint density at radius 3 is 2.45 bits per heavy atom. The zero-order chi connectivity index (χ0) is 14.5. The first-order valence-corrected chi connectivity index (χ1v) is 7.86. The molecular formula is C15H18N2OS2. The lowest BCUT2D eigenvalue weighted by atomic mass is 10.2. The molecule has 0 atom stereocenters. The molecule has 5 heteroatoms. The number of aromatic nitrogens is 1. The highest BCUT2D eigenvalue weighted by atomic mass is 32.1. The van der Waals surface area contributed by atoms with Crippen molar-refractivity contribution in [3.63, 3.8) is 0 Å². The Morgan fingerprint density at radius 2 is 1.95 bits per heavy atom. The van der Waals surface area contributed by atoms with Crippen molar-refractivity contribution in [2.45, 2.75) is 33.3 Å². The van der Waals surface area contributed by atoms with E-state index in [1.165, 1.54) is 16.9 Å². The van der Waals surface area contributed by atoms with Gasteiger partial charge in [0, 0.05) is 0 Å². The van der Waals surface area contributed by atoms with E-state index in [-0.39, 0.29) is 0 Å². The minimum atomic E-state index is 0.415. The van der Waals surface area contributed by atoms with Gasteiger partial charge in [-0.15, -0.1) is 11.3 Å². The van der Waals surface area contributed by atoms with Gasteiger partial charge in [0.2, 0.25) is 0 Å². The van der Waals surface area contributed by atoms with Gasteiger partial charge in [0.15, 0.2) is 0 Å². The van der Waals surface area contributed by atoms with E-state index in [2.05, 4.69) is 24.0 Å². The van der Waals surface area contributed by atoms with E-state index in [1.54, 1.807) is 0 Å². The van der Waals surface area contributed by atoms with Crippen LogP contribution in [0.4, 0.5) is 0 Å². The summed E-state index contributed by atoms with van der Waals surface area (Å²) in [7, 11) is 0. The first-order valence-electron chi connectivity index (χ1n) is 6.64. The van der Waals surface area contributed by atoms with Crippen molar-refractivity contribution in [3.8, 4) is 5.75 Å². The normalized spacial score (nSPS) is 10.5. The van der Waals surface area contributed by atoms with Crippen molar-refractivity contribution in [2.24, 2.45) is 5.73 Å². The van der Waals surface area contributed by atoms with Gasteiger partial charge in [0.05, 0.1) is 10.6 Å². The summed E-state index contributed by atoms with van der Waals surface area (Å²) >= 11 is 6.56. The molecule has 0 aliphatic rings. The Morgan fingerprint density at radius 1 is 1.25 bits per heavy atom. The summed E-state index contributed by atoms with van der Waals surface area (Å²) in [6.45, 7) is 4.63. The van der Waals surface area contributed by atoms with Gasteiger partial charge >= 0.3 is 0 Å². The number of nitrogens with zero attached hydrogens (tertiary/aromatic N) is 1. The number of aryl methyl sites for hydroxylation is 2. The molecule has 0 radical (unpaired) electrons. The molecule has 20 heavy (non-hydrogen) atoms. The molecule has 0 saturated carbocycles. The van der Waals surface area contributed by atoms with Gasteiger partial charge in [-0.05, 0) is 30.5 Å². The lowest BCUT2D eigenvalue weighted by Gasteiger charge is -2.04. The number of hydrogen-bond acceptors (Lipinski definition) is 4. The third kappa shape index (κ3) is 3.55. The number of benzene rings is 1. The van der Waals surface area contributed by atoms with Crippen LogP contribution in [0.3, 0.4) is 0 Å². The van der Waals surface area contributed by atoms with Gasteiger partial charge in [0.25, 0.3) is 0 Å². The first kappa shape index (κ1) is 14.9. The predicted molar refractivity (Wildman–Crippen MR) is 87.5 cm³/mol. The summed E-state index contributed by atoms with van der Waals surface area (Å²) in [4.78, 5) is 5.84. The molecule has 2 aromatic rings. The van der Waals surface area contributed by atoms with E-state index < -0.39 is 0 Å². The van der Waals surface area contributed by atoms with Crippen molar-refractivity contribution in [3.05, 3.63) is 45.4 Å². The van der Waals surface area contributed by atoms with Crippen LogP contribution in [0.5, 0.6) is 5.75 Å². The maximum atomic E-state index is 5.75. The molecular weight excluding hydrogens is 288 g/mol. The number of rotatable bonds is 6. The maximum Gasteiger partial charge on any atom is 0.140 e. The van der Waals surface area contributed by atoms with Crippen LogP contribution in [-0.2, 0) is 19.4 Å². The maximum absolute atomic E-state index is 5.75. The van der Waals surface area contributed by atoms with Crippen LogP contribution in [0, 0.1) is 0 Å². The van der Waals surface area contributed by atoms with Gasteiger partial charge in [0.1, 0.15) is 22.4 Å². The summed E-state index contributed by atoms with van der Waals surface area (Å²) in [5, 5.41) is 0.907. The monoisotopic (exact) mass is 306 g/mol. The Hall–Kier alpha value is -1.46. The van der Waals surface area contributed by atoms with Crippen LogP contribution >= 0.6 is 23.6 Å². The molecule has 106 valence electrons. The van der Waals surface area contributed by atoms with Crippen molar-refractivity contribution >= 4 is 28.5 Å². The SMILES string of the molecule is CCc1ccc(OCc2nc(CC)c(C(N)=S)s2)cc1. The summed E-state index contributed by atoms with van der Waals surface area (Å²) in [6, 6.07) is 8.13. The second-order valence-electron chi connectivity index (χ2n) is 4.39. The fourth-order valence-electron chi connectivity index (χ4n) is 1.86. The summed E-state index contributed by atoms with van der Waals surface area (Å²) in [5.41, 5.74) is 7.97. The second-order valence-corrected chi connectivity index (χ2v) is 5.91. The van der Waals surface area contributed by atoms with Gasteiger partial charge < -0.3 is 10.5 Å². The fourth-order valence-corrected chi connectivity index (χ4v) is 3.02. The van der Waals surface area contributed by atoms with E-state index >= 15 is 0 Å². The standard InChI is InChI=1S/C15H18N2OS2/c1-3-10-5-7-11(8-6-10)18-9-13-17-12(4-2)14(20-13)15(16)19/h5-8H,3-4,9H2,1-2H3,(H2,16,19). The van der Waals surface area contributed by atoms with E-state index in [1.807, 2.05) is 19.1 Å². The lowest BCUT2D eigenvalue weighted by Crippen LogP contribution is -2.09. The molecule has 3 nitrogen and oxygen atoms in total. The highest BCUT2D eigenvalue weighted by Gasteiger charge is 2.12. The molecule has 1 aromatic carbocycles. The predicted octanol–water partition coefficient (Wildman–Crippen LogP) is 3.48. The Bertz CT molecular complexity index is 590. The number of ether oxygens (including phenoxy) is 1. The lowest BCUT2D eigenvalue weighted by molar-refractivity contribution is 0.305. The molecule has 2 rings (SSSR count). The van der Waals surface area contributed by atoms with Crippen LogP contribution in [0.25, 0.3) is 0 Å². The van der Waals surface area contributed by atoms with Crippen LogP contribution in [0.1, 0.15) is 35.0 Å². The molecule has 2 N–H and O–H groups in total. The van der Waals surface area contributed by atoms with Crippen LogP contribution in [-0.4, -0.2) is 9.97 Å². The molecule has 1 aromatic heterocycles. The van der Waals surface area contributed by atoms with E-state index in [0.717, 1.165) is 34.2 Å². The van der Waals surface area contributed by atoms with Crippen LogP contribution in [0.15, 0.2) is 24.3 Å². The molecule has 0 unspecified atom stereocenters. The molecule has 0 aliphatic heterocycles. The Kier molecular flexibility index (Phi) is 5.09. The average molecular weight is 306 g/mol. The van der Waals surface area contributed by atoms with Gasteiger partial charge in [-0.3, -0.25) is 0 Å². The highest BCUT2D eigenvalue weighted by Crippen LogP contribution is 2.21. The van der Waals surface area contributed by atoms with Crippen molar-refractivity contribution in [2.75, 3.05) is 0 Å². The third-order valence-corrected chi connectivity index (χ3v) is 4.43. The van der Waals surface area contributed by atoms with E-state index in [4.69, 9.17) is 22.7 Å². The van der Waals surface area contributed by atoms with Gasteiger partial charge in [-0.25, -0.2) is 4.98 Å². The van der Waals surface area contributed by atoms with Crippen LogP contribution in [0.2, 0.25) is 0 Å². The number of thiocarbonyl (C=S) groups is 1. The third-order valence-electron chi connectivity index (χ3n) is 2.99. The Labute approximate surface area is 128 Å². The first-order chi connectivity index (χ1) is 9.63. The molecule has 0 aliphatic carbocycles. The molecule has 0 spiro atoms. The summed E-state index contributed by atoms with van der Waals surface area (Å²) in [6.07, 6.45) is 1.86. The van der Waals surface area contributed by atoms with E-state index in [9.17, 15) is 0 Å². The van der Waals surface area contributed by atoms with Crippen molar-refractivity contribution in [1.29, 1.82) is 0 Å². The molecule has 1 heterocycles. The number of hydrogen-bond donors (Lipinski definition) is 1. The molecule has 0 saturated heterocycles. The Balaban J connectivity index is 2.04. The number of nitrogens with two attached hydrogens (primary N) is 1. The quantitative estimate of drug-likeness (QED) is 0.830. The zero-order valence-electron chi connectivity index (χ0n) is 11.7. The minimum absolute atomic E-state index is 0.415.